The smallest absolute Gasteiger partial charge is 0.0989 e. The number of nitrogens with zero attached hydrogens (tertiary/aromatic N) is 1. The molecular weight excluding hydrogens is 230 g/mol. The summed E-state index contributed by atoms with van der Waals surface area (Å²) in [5.74, 6) is 1.27. The zero-order chi connectivity index (χ0) is 12.7. The van der Waals surface area contributed by atoms with Crippen LogP contribution >= 0.6 is 10.0 Å². The van der Waals surface area contributed by atoms with Crippen LogP contribution in [0.4, 0.5) is 0 Å². The van der Waals surface area contributed by atoms with Crippen LogP contribution in [0, 0.1) is 0 Å². The Bertz CT molecular complexity index is 308. The van der Waals surface area contributed by atoms with Crippen molar-refractivity contribution in [1.29, 1.82) is 0 Å². The maximum atomic E-state index is 5.28. The second-order valence-corrected chi connectivity index (χ2v) is 9.84. The minimum atomic E-state index is -0.427. The highest BCUT2D eigenvalue weighted by Crippen LogP contribution is 2.33. The molecule has 3 heteroatoms. The van der Waals surface area contributed by atoms with E-state index in [1.807, 2.05) is 0 Å². The van der Waals surface area contributed by atoms with E-state index >= 15 is 0 Å². The van der Waals surface area contributed by atoms with Crippen molar-refractivity contribution in [2.45, 2.75) is 6.54 Å². The molecule has 1 aromatic carbocycles. The van der Waals surface area contributed by atoms with Crippen molar-refractivity contribution in [3.8, 4) is 0 Å². The number of hydrogen-bond donors (Lipinski definition) is 0. The van der Waals surface area contributed by atoms with Gasteiger partial charge in [0.15, 0.2) is 0 Å². The van der Waals surface area contributed by atoms with Gasteiger partial charge in [-0.15, -0.1) is 0 Å². The highest BCUT2D eigenvalue weighted by molar-refractivity contribution is 8.32. The Morgan fingerprint density at radius 2 is 1.76 bits per heavy atom. The van der Waals surface area contributed by atoms with Crippen LogP contribution in [0.1, 0.15) is 5.56 Å². The van der Waals surface area contributed by atoms with Crippen LogP contribution < -0.4 is 0 Å². The number of benzene rings is 1. The van der Waals surface area contributed by atoms with Crippen LogP contribution in [-0.4, -0.2) is 49.8 Å². The highest BCUT2D eigenvalue weighted by Gasteiger charge is 2.09. The Hall–Kier alpha value is -0.510. The Morgan fingerprint density at radius 3 is 2.29 bits per heavy atom. The maximum Gasteiger partial charge on any atom is 0.0989 e. The molecule has 0 aliphatic rings. The summed E-state index contributed by atoms with van der Waals surface area (Å²) in [6, 6.07) is 10.6. The number of methoxy groups -OCH3 is 1. The number of hydrogen-bond acceptors (Lipinski definition) is 2. The fraction of sp³-hybridized carbons (Fsp3) is 0.571. The van der Waals surface area contributed by atoms with Gasteiger partial charge in [-0.2, -0.15) is 0 Å². The van der Waals surface area contributed by atoms with Gasteiger partial charge in [-0.05, 0) is 30.1 Å². The molecule has 1 rings (SSSR count). The third-order valence-corrected chi connectivity index (χ3v) is 3.99. The first-order valence-corrected chi connectivity index (χ1v) is 8.95. The molecule has 98 valence electrons. The topological polar surface area (TPSA) is 12.5 Å². The second kappa shape index (κ2) is 7.04. The molecule has 0 heterocycles. The Balaban J connectivity index is 2.49. The van der Waals surface area contributed by atoms with E-state index in [1.54, 1.807) is 7.11 Å². The van der Waals surface area contributed by atoms with Crippen LogP contribution in [0.3, 0.4) is 0 Å². The quantitative estimate of drug-likeness (QED) is 0.695. The van der Waals surface area contributed by atoms with E-state index in [-0.39, 0.29) is 0 Å². The van der Waals surface area contributed by atoms with E-state index in [9.17, 15) is 0 Å². The molecule has 0 bridgehead atoms. The molecule has 0 aliphatic heterocycles. The van der Waals surface area contributed by atoms with E-state index < -0.39 is 10.0 Å². The van der Waals surface area contributed by atoms with Crippen molar-refractivity contribution in [2.24, 2.45) is 0 Å². The molecule has 17 heavy (non-hydrogen) atoms. The van der Waals surface area contributed by atoms with Gasteiger partial charge in [0.1, 0.15) is 0 Å². The van der Waals surface area contributed by atoms with Crippen LogP contribution in [0.25, 0.3) is 0 Å². The van der Waals surface area contributed by atoms with Gasteiger partial charge in [0.2, 0.25) is 0 Å². The average molecular weight is 255 g/mol. The molecule has 0 saturated heterocycles. The first-order chi connectivity index (χ1) is 8.01. The summed E-state index contributed by atoms with van der Waals surface area (Å²) in [6.45, 7) is 2.80. The first kappa shape index (κ1) is 14.6. The lowest BCUT2D eigenvalue weighted by molar-refractivity contribution is 0.0625. The molecule has 0 aromatic heterocycles. The monoisotopic (exact) mass is 255 g/mol. The van der Waals surface area contributed by atoms with Crippen LogP contribution in [0.15, 0.2) is 30.3 Å². The molecule has 0 N–H and O–H groups in total. The van der Waals surface area contributed by atoms with Gasteiger partial charge in [0.25, 0.3) is 0 Å². The van der Waals surface area contributed by atoms with Gasteiger partial charge in [-0.25, -0.2) is 10.0 Å². The first-order valence-electron chi connectivity index (χ1n) is 5.92. The fourth-order valence-corrected chi connectivity index (χ4v) is 2.42. The molecular formula is C14H25NOS. The largest absolute Gasteiger partial charge is 0.369 e. The molecule has 0 unspecified atom stereocenters. The molecule has 0 amide bonds. The zero-order valence-corrected chi connectivity index (χ0v) is 12.3. The standard InChI is InChI=1S/C14H25NOS/c1-16-13-15(10-11-17(2,3)4)12-14-8-6-5-7-9-14/h5-9H,10-13H2,1-4H3. The van der Waals surface area contributed by atoms with Crippen LogP contribution in [-0.2, 0) is 11.3 Å². The lowest BCUT2D eigenvalue weighted by Crippen LogP contribution is -2.29. The van der Waals surface area contributed by atoms with E-state index in [1.165, 1.54) is 11.3 Å². The van der Waals surface area contributed by atoms with E-state index in [0.29, 0.717) is 6.73 Å². The third kappa shape index (κ3) is 6.71. The van der Waals surface area contributed by atoms with Gasteiger partial charge in [-0.1, -0.05) is 30.3 Å². The van der Waals surface area contributed by atoms with Crippen LogP contribution in [0.2, 0.25) is 0 Å². The minimum Gasteiger partial charge on any atom is -0.369 e. The van der Waals surface area contributed by atoms with E-state index in [2.05, 4.69) is 54.0 Å². The molecule has 1 aromatic rings. The van der Waals surface area contributed by atoms with Gasteiger partial charge >= 0.3 is 0 Å². The highest BCUT2D eigenvalue weighted by atomic mass is 32.3. The van der Waals surface area contributed by atoms with E-state index in [4.69, 9.17) is 4.74 Å². The molecule has 0 radical (unpaired) electrons. The summed E-state index contributed by atoms with van der Waals surface area (Å²) in [4.78, 5) is 2.37. The van der Waals surface area contributed by atoms with Crippen LogP contribution in [0.5, 0.6) is 0 Å². The molecule has 0 atom stereocenters. The van der Waals surface area contributed by atoms with Crippen molar-refractivity contribution in [3.63, 3.8) is 0 Å². The summed E-state index contributed by atoms with van der Waals surface area (Å²) in [5.41, 5.74) is 1.36. The molecule has 0 saturated carbocycles. The molecule has 2 nitrogen and oxygen atoms in total. The number of rotatable bonds is 7. The third-order valence-electron chi connectivity index (χ3n) is 2.58. The Labute approximate surface area is 107 Å². The van der Waals surface area contributed by atoms with Crippen molar-refractivity contribution < 1.29 is 4.74 Å². The summed E-state index contributed by atoms with van der Waals surface area (Å²) in [7, 11) is 1.34. The summed E-state index contributed by atoms with van der Waals surface area (Å²) in [5, 5.41) is 0. The lowest BCUT2D eigenvalue weighted by atomic mass is 10.2. The SMILES string of the molecule is COCN(CCS(C)(C)C)Cc1ccccc1. The molecule has 0 aliphatic carbocycles. The van der Waals surface area contributed by atoms with Crippen molar-refractivity contribution in [3.05, 3.63) is 35.9 Å². The average Bonchev–Trinajstić information content (AvgIpc) is 2.27. The van der Waals surface area contributed by atoms with Gasteiger partial charge in [0.05, 0.1) is 6.73 Å². The lowest BCUT2D eigenvalue weighted by Gasteiger charge is -2.29. The van der Waals surface area contributed by atoms with Crippen molar-refractivity contribution in [2.75, 3.05) is 44.9 Å². The molecule has 0 spiro atoms. The predicted molar refractivity (Wildman–Crippen MR) is 79.0 cm³/mol. The Kier molecular flexibility index (Phi) is 6.03. The van der Waals surface area contributed by atoms with Crippen molar-refractivity contribution >= 4 is 10.0 Å². The second-order valence-electron chi connectivity index (χ2n) is 5.25. The van der Waals surface area contributed by atoms with E-state index in [0.717, 1.165) is 13.1 Å². The summed E-state index contributed by atoms with van der Waals surface area (Å²) < 4.78 is 5.28. The zero-order valence-electron chi connectivity index (χ0n) is 11.5. The maximum absolute atomic E-state index is 5.28. The normalized spacial score (nSPS) is 13.0. The number of ether oxygens (including phenoxy) is 1. The fourth-order valence-electron chi connectivity index (χ4n) is 1.62. The summed E-state index contributed by atoms with van der Waals surface area (Å²) >= 11 is 0. The Morgan fingerprint density at radius 1 is 1.12 bits per heavy atom. The minimum absolute atomic E-state index is 0.427. The van der Waals surface area contributed by atoms with Crippen molar-refractivity contribution in [1.82, 2.24) is 4.90 Å². The van der Waals surface area contributed by atoms with Gasteiger partial charge < -0.3 is 4.74 Å². The van der Waals surface area contributed by atoms with Gasteiger partial charge in [0, 0.05) is 20.2 Å². The van der Waals surface area contributed by atoms with Gasteiger partial charge in [-0.3, -0.25) is 4.90 Å². The molecule has 0 fully saturated rings. The predicted octanol–water partition coefficient (Wildman–Crippen LogP) is 2.79. The summed E-state index contributed by atoms with van der Waals surface area (Å²) in [6.07, 6.45) is 7.08.